The summed E-state index contributed by atoms with van der Waals surface area (Å²) in [5.74, 6) is 0.835. The van der Waals surface area contributed by atoms with Crippen molar-refractivity contribution < 1.29 is 4.79 Å². The van der Waals surface area contributed by atoms with E-state index in [2.05, 4.69) is 43.1 Å². The van der Waals surface area contributed by atoms with Gasteiger partial charge in [0.15, 0.2) is 0 Å². The largest absolute Gasteiger partial charge is 0.351 e. The van der Waals surface area contributed by atoms with E-state index in [4.69, 9.17) is 0 Å². The number of aromatic nitrogens is 2. The van der Waals surface area contributed by atoms with Gasteiger partial charge in [-0.3, -0.25) is 9.79 Å². The molecule has 31 heavy (non-hydrogen) atoms. The van der Waals surface area contributed by atoms with Gasteiger partial charge in [-0.2, -0.15) is 0 Å². The van der Waals surface area contributed by atoms with Gasteiger partial charge in [0.25, 0.3) is 5.91 Å². The zero-order valence-electron chi connectivity index (χ0n) is 17.8. The Morgan fingerprint density at radius 2 is 1.77 bits per heavy atom. The summed E-state index contributed by atoms with van der Waals surface area (Å²) in [6.07, 6.45) is 10.3. The van der Waals surface area contributed by atoms with Gasteiger partial charge in [-0.05, 0) is 55.0 Å². The van der Waals surface area contributed by atoms with Crippen LogP contribution < -0.4 is 4.90 Å². The van der Waals surface area contributed by atoms with Crippen LogP contribution >= 0.6 is 0 Å². The minimum Gasteiger partial charge on any atom is -0.351 e. The van der Waals surface area contributed by atoms with Crippen molar-refractivity contribution in [1.29, 1.82) is 0 Å². The molecule has 1 aromatic carbocycles. The topological polar surface area (TPSA) is 64.9 Å². The molecule has 1 saturated heterocycles. The number of anilines is 1. The molecule has 7 nitrogen and oxygen atoms in total. The van der Waals surface area contributed by atoms with Crippen LogP contribution in [0.5, 0.6) is 0 Å². The summed E-state index contributed by atoms with van der Waals surface area (Å²) >= 11 is 0. The zero-order valence-corrected chi connectivity index (χ0v) is 17.8. The highest BCUT2D eigenvalue weighted by atomic mass is 16.2. The lowest BCUT2D eigenvalue weighted by atomic mass is 9.95. The van der Waals surface area contributed by atoms with Crippen molar-refractivity contribution in [2.24, 2.45) is 4.99 Å². The van der Waals surface area contributed by atoms with Crippen molar-refractivity contribution in [3.8, 4) is 0 Å². The van der Waals surface area contributed by atoms with E-state index in [1.54, 1.807) is 12.4 Å². The lowest BCUT2D eigenvalue weighted by Crippen LogP contribution is -2.49. The molecule has 0 saturated carbocycles. The van der Waals surface area contributed by atoms with Crippen molar-refractivity contribution in [1.82, 2.24) is 19.8 Å². The van der Waals surface area contributed by atoms with Crippen LogP contribution in [0.15, 0.2) is 59.0 Å². The first kappa shape index (κ1) is 19.7. The second-order valence-corrected chi connectivity index (χ2v) is 8.36. The number of allylic oxidation sites excluding steroid dienone is 2. The predicted molar refractivity (Wildman–Crippen MR) is 121 cm³/mol. The fourth-order valence-corrected chi connectivity index (χ4v) is 4.66. The average molecular weight is 417 g/mol. The van der Waals surface area contributed by atoms with Gasteiger partial charge >= 0.3 is 0 Å². The smallest absolute Gasteiger partial charge is 0.253 e. The highest BCUT2D eigenvalue weighted by Crippen LogP contribution is 2.29. The summed E-state index contributed by atoms with van der Waals surface area (Å²) in [7, 11) is 0. The molecule has 2 aliphatic heterocycles. The third kappa shape index (κ3) is 4.31. The van der Waals surface area contributed by atoms with E-state index in [1.807, 2.05) is 23.1 Å². The van der Waals surface area contributed by atoms with Crippen molar-refractivity contribution in [3.05, 3.63) is 65.1 Å². The Morgan fingerprint density at radius 3 is 2.61 bits per heavy atom. The lowest BCUT2D eigenvalue weighted by Gasteiger charge is -2.35. The van der Waals surface area contributed by atoms with Gasteiger partial charge < -0.3 is 14.7 Å². The quantitative estimate of drug-likeness (QED) is 0.766. The molecule has 1 fully saturated rings. The first-order chi connectivity index (χ1) is 15.3. The molecule has 0 unspecified atom stereocenters. The molecule has 0 spiro atoms. The van der Waals surface area contributed by atoms with E-state index in [1.165, 1.54) is 24.1 Å². The molecule has 3 aliphatic rings. The van der Waals surface area contributed by atoms with E-state index in [0.29, 0.717) is 19.8 Å². The van der Waals surface area contributed by atoms with Crippen LogP contribution in [0, 0.1) is 0 Å². The van der Waals surface area contributed by atoms with Crippen LogP contribution in [-0.4, -0.2) is 64.7 Å². The third-order valence-electron chi connectivity index (χ3n) is 6.31. The van der Waals surface area contributed by atoms with Gasteiger partial charge in [0.2, 0.25) is 5.95 Å². The molecule has 160 valence electrons. The fourth-order valence-electron chi connectivity index (χ4n) is 4.66. The van der Waals surface area contributed by atoms with Gasteiger partial charge in [0.05, 0.1) is 0 Å². The Labute approximate surface area is 183 Å². The maximum Gasteiger partial charge on any atom is 0.253 e. The molecule has 1 amide bonds. The Hall–Kier alpha value is -3.22. The van der Waals surface area contributed by atoms with E-state index in [0.717, 1.165) is 49.6 Å². The summed E-state index contributed by atoms with van der Waals surface area (Å²) in [5.41, 5.74) is 4.76. The molecule has 3 heterocycles. The minimum atomic E-state index is 0.102. The van der Waals surface area contributed by atoms with Crippen LogP contribution in [0.2, 0.25) is 0 Å². The molecule has 0 radical (unpaired) electrons. The fraction of sp³-hybridized carbons (Fsp3) is 0.417. The second-order valence-electron chi connectivity index (χ2n) is 8.36. The standard InChI is InChI=1S/C24H28N6O/c31-23(28-11-13-29(14-12-28)24-26-9-4-10-27-24)20-7-3-5-19(15-20)17-30-18-25-16-21-6-1-2-8-22(21)30/h3-5,7,9-10,15-16H,1-2,6,8,11-14,17-18H2. The SMILES string of the molecule is O=C(c1cccc(CN2CN=CC3=C2CCCC3)c1)N1CCN(c2ncccn2)CC1. The van der Waals surface area contributed by atoms with Crippen molar-refractivity contribution in [2.45, 2.75) is 32.2 Å². The molecule has 1 aromatic heterocycles. The first-order valence-corrected chi connectivity index (χ1v) is 11.1. The molecule has 2 aromatic rings. The Balaban J connectivity index is 1.24. The number of hydrogen-bond acceptors (Lipinski definition) is 6. The van der Waals surface area contributed by atoms with Gasteiger partial charge in [0, 0.05) is 62.6 Å². The molecular weight excluding hydrogens is 388 g/mol. The second kappa shape index (κ2) is 8.88. The van der Waals surface area contributed by atoms with E-state index in [-0.39, 0.29) is 5.91 Å². The van der Waals surface area contributed by atoms with E-state index >= 15 is 0 Å². The van der Waals surface area contributed by atoms with Crippen molar-refractivity contribution in [3.63, 3.8) is 0 Å². The number of aliphatic imine (C=N–C) groups is 1. The molecule has 0 atom stereocenters. The van der Waals surface area contributed by atoms with Crippen LogP contribution in [0.25, 0.3) is 0 Å². The van der Waals surface area contributed by atoms with Crippen molar-refractivity contribution >= 4 is 18.1 Å². The van der Waals surface area contributed by atoms with Crippen molar-refractivity contribution in [2.75, 3.05) is 37.7 Å². The predicted octanol–water partition coefficient (Wildman–Crippen LogP) is 3.11. The Bertz CT molecular complexity index is 994. The maximum atomic E-state index is 13.1. The van der Waals surface area contributed by atoms with Gasteiger partial charge in [-0.15, -0.1) is 0 Å². The van der Waals surface area contributed by atoms with Gasteiger partial charge in [-0.1, -0.05) is 12.1 Å². The molecular formula is C24H28N6O. The third-order valence-corrected chi connectivity index (χ3v) is 6.31. The summed E-state index contributed by atoms with van der Waals surface area (Å²) in [6.45, 7) is 4.37. The summed E-state index contributed by atoms with van der Waals surface area (Å²) in [6, 6.07) is 9.91. The van der Waals surface area contributed by atoms with Gasteiger partial charge in [-0.25, -0.2) is 9.97 Å². The van der Waals surface area contributed by atoms with E-state index < -0.39 is 0 Å². The Kier molecular flexibility index (Phi) is 5.65. The Morgan fingerprint density at radius 1 is 0.968 bits per heavy atom. The number of carbonyl (C=O) groups is 1. The van der Waals surface area contributed by atoms with Crippen LogP contribution in [-0.2, 0) is 6.54 Å². The minimum absolute atomic E-state index is 0.102. The maximum absolute atomic E-state index is 13.1. The number of carbonyl (C=O) groups excluding carboxylic acids is 1. The number of amides is 1. The monoisotopic (exact) mass is 416 g/mol. The lowest BCUT2D eigenvalue weighted by molar-refractivity contribution is 0.0746. The van der Waals surface area contributed by atoms with Gasteiger partial charge in [0.1, 0.15) is 6.67 Å². The highest BCUT2D eigenvalue weighted by molar-refractivity contribution is 5.94. The summed E-state index contributed by atoms with van der Waals surface area (Å²) in [4.78, 5) is 32.8. The van der Waals surface area contributed by atoms with E-state index in [9.17, 15) is 4.79 Å². The summed E-state index contributed by atoms with van der Waals surface area (Å²) in [5, 5.41) is 0. The molecule has 0 bridgehead atoms. The summed E-state index contributed by atoms with van der Waals surface area (Å²) < 4.78 is 0. The number of piperazine rings is 1. The molecule has 5 rings (SSSR count). The molecule has 0 N–H and O–H groups in total. The average Bonchev–Trinajstić information content (AvgIpc) is 2.85. The number of rotatable bonds is 4. The zero-order chi connectivity index (χ0) is 21.0. The number of nitrogens with zero attached hydrogens (tertiary/aromatic N) is 6. The molecule has 7 heteroatoms. The molecule has 1 aliphatic carbocycles. The van der Waals surface area contributed by atoms with Crippen LogP contribution in [0.1, 0.15) is 41.6 Å². The van der Waals surface area contributed by atoms with Crippen LogP contribution in [0.3, 0.4) is 0 Å². The first-order valence-electron chi connectivity index (χ1n) is 11.1. The van der Waals surface area contributed by atoms with Crippen LogP contribution in [0.4, 0.5) is 5.95 Å². The number of hydrogen-bond donors (Lipinski definition) is 0. The number of benzene rings is 1. The normalized spacial score (nSPS) is 18.9. The highest BCUT2D eigenvalue weighted by Gasteiger charge is 2.24.